The van der Waals surface area contributed by atoms with E-state index in [1.807, 2.05) is 18.2 Å². The maximum atomic E-state index is 8.85. The molecule has 0 spiro atoms. The molecule has 0 rings (SSSR count). The lowest BCUT2D eigenvalue weighted by atomic mass is 10.1. The van der Waals surface area contributed by atoms with Crippen LogP contribution in [0.15, 0.2) is 48.5 Å². The van der Waals surface area contributed by atoms with Crippen LogP contribution in [-0.4, -0.2) is 10.2 Å². The van der Waals surface area contributed by atoms with Crippen molar-refractivity contribution in [2.24, 2.45) is 0 Å². The first-order valence-corrected chi connectivity index (χ1v) is 5.84. The molecule has 0 aliphatic carbocycles. The lowest BCUT2D eigenvalue weighted by Crippen LogP contribution is -1.73. The van der Waals surface area contributed by atoms with Gasteiger partial charge in [-0.15, -0.1) is 0 Å². The first-order valence-electron chi connectivity index (χ1n) is 5.84. The number of unbranched alkanes of at least 4 members (excludes halogenated alkanes) is 4. The van der Waals surface area contributed by atoms with Gasteiger partial charge in [-0.3, -0.25) is 0 Å². The minimum atomic E-state index is -0.145. The van der Waals surface area contributed by atoms with Crippen molar-refractivity contribution in [2.45, 2.75) is 39.0 Å². The maximum absolute atomic E-state index is 8.85. The first kappa shape index (κ1) is 14.6. The molecule has 0 heterocycles. The van der Waals surface area contributed by atoms with Crippen LogP contribution < -0.4 is 0 Å². The smallest absolute Gasteiger partial charge is 0.149 e. The highest BCUT2D eigenvalue weighted by atomic mass is 16.3. The van der Waals surface area contributed by atoms with Gasteiger partial charge in [-0.05, 0) is 18.9 Å². The molecule has 2 heteroatoms. The molecular formula is C14H22O2. The van der Waals surface area contributed by atoms with Crippen molar-refractivity contribution in [1.29, 1.82) is 0 Å². The van der Waals surface area contributed by atoms with Crippen LogP contribution in [0.5, 0.6) is 0 Å². The van der Waals surface area contributed by atoms with Crippen LogP contribution in [0, 0.1) is 0 Å². The third-order valence-electron chi connectivity index (χ3n) is 2.09. The van der Waals surface area contributed by atoms with Crippen LogP contribution in [0.4, 0.5) is 0 Å². The van der Waals surface area contributed by atoms with Crippen molar-refractivity contribution in [2.75, 3.05) is 0 Å². The van der Waals surface area contributed by atoms with Crippen molar-refractivity contribution in [1.82, 2.24) is 0 Å². The Hall–Kier alpha value is -1.44. The lowest BCUT2D eigenvalue weighted by molar-refractivity contribution is 0.377. The molecule has 0 aromatic carbocycles. The Morgan fingerprint density at radius 1 is 1.00 bits per heavy atom. The Bertz CT molecular complexity index is 260. The van der Waals surface area contributed by atoms with Crippen LogP contribution in [-0.2, 0) is 0 Å². The van der Waals surface area contributed by atoms with E-state index in [2.05, 4.69) is 13.0 Å². The quantitative estimate of drug-likeness (QED) is 0.358. The molecule has 2 nitrogen and oxygen atoms in total. The molecule has 0 saturated carbocycles. The molecule has 16 heavy (non-hydrogen) atoms. The molecule has 0 unspecified atom stereocenters. The van der Waals surface area contributed by atoms with Crippen molar-refractivity contribution >= 4 is 0 Å². The second-order valence-electron chi connectivity index (χ2n) is 3.58. The number of aliphatic hydroxyl groups is 2. The molecule has 90 valence electrons. The molecule has 0 aliphatic rings. The Morgan fingerprint density at radius 3 is 2.44 bits per heavy atom. The third-order valence-corrected chi connectivity index (χ3v) is 2.09. The molecule has 0 saturated heterocycles. The SMILES string of the molecule is CCCCCCC=CC=CC=CC(O)=CO. The van der Waals surface area contributed by atoms with E-state index in [4.69, 9.17) is 10.2 Å². The number of aliphatic hydroxyl groups excluding tert-OH is 2. The van der Waals surface area contributed by atoms with Gasteiger partial charge in [0.2, 0.25) is 0 Å². The minimum absolute atomic E-state index is 0.145. The topological polar surface area (TPSA) is 40.5 Å². The number of hydrogen-bond acceptors (Lipinski definition) is 2. The molecule has 0 aromatic heterocycles. The summed E-state index contributed by atoms with van der Waals surface area (Å²) in [4.78, 5) is 0. The fourth-order valence-corrected chi connectivity index (χ4v) is 1.19. The van der Waals surface area contributed by atoms with Crippen molar-refractivity contribution in [3.8, 4) is 0 Å². The second-order valence-corrected chi connectivity index (χ2v) is 3.58. The summed E-state index contributed by atoms with van der Waals surface area (Å²) in [6.45, 7) is 2.21. The molecule has 0 bridgehead atoms. The van der Waals surface area contributed by atoms with E-state index in [-0.39, 0.29) is 5.76 Å². The van der Waals surface area contributed by atoms with Gasteiger partial charge in [-0.25, -0.2) is 0 Å². The molecule has 0 atom stereocenters. The van der Waals surface area contributed by atoms with Gasteiger partial charge < -0.3 is 10.2 Å². The van der Waals surface area contributed by atoms with E-state index in [0.29, 0.717) is 6.26 Å². The summed E-state index contributed by atoms with van der Waals surface area (Å²) >= 11 is 0. The summed E-state index contributed by atoms with van der Waals surface area (Å²) in [5, 5.41) is 17.2. The predicted molar refractivity (Wildman–Crippen MR) is 69.5 cm³/mol. The highest BCUT2D eigenvalue weighted by Gasteiger charge is 1.83. The summed E-state index contributed by atoms with van der Waals surface area (Å²) in [5.74, 6) is -0.145. The monoisotopic (exact) mass is 222 g/mol. The average Bonchev–Trinajstić information content (AvgIpc) is 2.31. The van der Waals surface area contributed by atoms with Gasteiger partial charge in [0, 0.05) is 0 Å². The molecule has 0 aliphatic heterocycles. The Morgan fingerprint density at radius 2 is 1.75 bits per heavy atom. The van der Waals surface area contributed by atoms with E-state index in [0.717, 1.165) is 6.42 Å². The van der Waals surface area contributed by atoms with Gasteiger partial charge in [0.15, 0.2) is 0 Å². The molecule has 0 amide bonds. The Labute approximate surface area is 98.3 Å². The fourth-order valence-electron chi connectivity index (χ4n) is 1.19. The van der Waals surface area contributed by atoms with E-state index in [9.17, 15) is 0 Å². The minimum Gasteiger partial charge on any atom is -0.512 e. The van der Waals surface area contributed by atoms with E-state index >= 15 is 0 Å². The lowest BCUT2D eigenvalue weighted by Gasteiger charge is -1.92. The van der Waals surface area contributed by atoms with Crippen LogP contribution in [0.25, 0.3) is 0 Å². The molecule has 2 N–H and O–H groups in total. The number of allylic oxidation sites excluding steroid dienone is 6. The second kappa shape index (κ2) is 11.6. The van der Waals surface area contributed by atoms with Crippen molar-refractivity contribution < 1.29 is 10.2 Å². The van der Waals surface area contributed by atoms with Crippen molar-refractivity contribution in [3.63, 3.8) is 0 Å². The Kier molecular flexibility index (Phi) is 10.6. The van der Waals surface area contributed by atoms with Crippen LogP contribution in [0.2, 0.25) is 0 Å². The zero-order valence-electron chi connectivity index (χ0n) is 9.97. The highest BCUT2D eigenvalue weighted by Crippen LogP contribution is 2.02. The van der Waals surface area contributed by atoms with Crippen LogP contribution >= 0.6 is 0 Å². The maximum Gasteiger partial charge on any atom is 0.149 e. The summed E-state index contributed by atoms with van der Waals surface area (Å²) in [7, 11) is 0. The highest BCUT2D eigenvalue weighted by molar-refractivity contribution is 5.17. The summed E-state index contributed by atoms with van der Waals surface area (Å²) in [6, 6.07) is 0. The van der Waals surface area contributed by atoms with Crippen LogP contribution in [0.1, 0.15) is 39.0 Å². The normalized spacial score (nSPS) is 13.4. The van der Waals surface area contributed by atoms with Gasteiger partial charge in [-0.1, -0.05) is 56.6 Å². The van der Waals surface area contributed by atoms with Crippen LogP contribution in [0.3, 0.4) is 0 Å². The Balaban J connectivity index is 3.52. The van der Waals surface area contributed by atoms with E-state index in [1.165, 1.54) is 31.8 Å². The summed E-state index contributed by atoms with van der Waals surface area (Å²) in [5.41, 5.74) is 0. The zero-order valence-corrected chi connectivity index (χ0v) is 9.97. The summed E-state index contributed by atoms with van der Waals surface area (Å²) in [6.07, 6.45) is 17.9. The standard InChI is InChI=1S/C14H22O2/c1-2-3-4-5-6-7-8-9-10-11-12-14(16)13-15/h7-13,15-16H,2-6H2,1H3. The molecule has 0 aromatic rings. The molecular weight excluding hydrogens is 200 g/mol. The summed E-state index contributed by atoms with van der Waals surface area (Å²) < 4.78 is 0. The largest absolute Gasteiger partial charge is 0.512 e. The van der Waals surface area contributed by atoms with Gasteiger partial charge in [0.05, 0.1) is 0 Å². The third kappa shape index (κ3) is 10.6. The molecule has 0 fully saturated rings. The van der Waals surface area contributed by atoms with E-state index < -0.39 is 0 Å². The first-order chi connectivity index (χ1) is 7.81. The zero-order chi connectivity index (χ0) is 12.1. The fraction of sp³-hybridized carbons (Fsp3) is 0.429. The molecule has 0 radical (unpaired) electrons. The van der Waals surface area contributed by atoms with Gasteiger partial charge >= 0.3 is 0 Å². The predicted octanol–water partition coefficient (Wildman–Crippen LogP) is 4.58. The number of hydrogen-bond donors (Lipinski definition) is 2. The van der Waals surface area contributed by atoms with Gasteiger partial charge in [0.25, 0.3) is 0 Å². The van der Waals surface area contributed by atoms with E-state index in [1.54, 1.807) is 6.08 Å². The number of rotatable bonds is 8. The van der Waals surface area contributed by atoms with Gasteiger partial charge in [-0.2, -0.15) is 0 Å². The average molecular weight is 222 g/mol. The van der Waals surface area contributed by atoms with Gasteiger partial charge in [0.1, 0.15) is 12.0 Å². The van der Waals surface area contributed by atoms with Crippen molar-refractivity contribution in [3.05, 3.63) is 48.5 Å².